The molecule has 0 aromatic carbocycles. The maximum Gasteiger partial charge on any atom is 0.306 e. The fourth-order valence-corrected chi connectivity index (χ4v) is 5.42. The highest BCUT2D eigenvalue weighted by Crippen LogP contribution is 2.37. The number of aromatic nitrogens is 2. The van der Waals surface area contributed by atoms with Crippen LogP contribution < -0.4 is 9.47 Å². The van der Waals surface area contributed by atoms with Gasteiger partial charge >= 0.3 is 5.97 Å². The second kappa shape index (κ2) is 10.7. The summed E-state index contributed by atoms with van der Waals surface area (Å²) in [5.74, 6) is 0.592. The van der Waals surface area contributed by atoms with E-state index in [1.807, 2.05) is 37.3 Å². The Hall–Kier alpha value is -2.64. The standard InChI is InChI=1S/C26H29ClN2O4S/c1-15(2)17-9-10-28-24(13-17)32-14-19-12-23(27)34-25(19)21-7-8-22(16(3)29-21)33-20-6-4-5-18(11-20)26(30)31/h7-10,12-13,15,18,20H,4-6,11,14H2,1-3H3,(H,30,31)/t18-,20-/m0/s1. The fraction of sp³-hybridized carbons (Fsp3) is 0.423. The molecule has 0 radical (unpaired) electrons. The third-order valence-corrected chi connectivity index (χ3v) is 7.45. The van der Waals surface area contributed by atoms with E-state index in [9.17, 15) is 9.90 Å². The first-order valence-corrected chi connectivity index (χ1v) is 12.7. The van der Waals surface area contributed by atoms with Gasteiger partial charge in [-0.15, -0.1) is 11.3 Å². The van der Waals surface area contributed by atoms with E-state index in [4.69, 9.17) is 26.1 Å². The molecule has 4 rings (SSSR count). The molecular formula is C26H29ClN2O4S. The van der Waals surface area contributed by atoms with Gasteiger partial charge in [0.25, 0.3) is 0 Å². The van der Waals surface area contributed by atoms with Gasteiger partial charge < -0.3 is 14.6 Å². The first-order chi connectivity index (χ1) is 16.3. The van der Waals surface area contributed by atoms with Gasteiger partial charge in [-0.1, -0.05) is 25.4 Å². The zero-order chi connectivity index (χ0) is 24.2. The highest BCUT2D eigenvalue weighted by atomic mass is 35.5. The van der Waals surface area contributed by atoms with Crippen molar-refractivity contribution in [1.29, 1.82) is 0 Å². The monoisotopic (exact) mass is 500 g/mol. The third-order valence-electron chi connectivity index (χ3n) is 6.12. The maximum atomic E-state index is 11.4. The number of carboxylic acid groups (broad SMARTS) is 1. The van der Waals surface area contributed by atoms with Gasteiger partial charge in [-0.25, -0.2) is 9.97 Å². The van der Waals surface area contributed by atoms with Gasteiger partial charge in [0, 0.05) is 17.8 Å². The predicted octanol–water partition coefficient (Wildman–Crippen LogP) is 6.89. The van der Waals surface area contributed by atoms with Crippen molar-refractivity contribution in [3.63, 3.8) is 0 Å². The fourth-order valence-electron chi connectivity index (χ4n) is 4.19. The lowest BCUT2D eigenvalue weighted by atomic mass is 9.87. The van der Waals surface area contributed by atoms with Crippen LogP contribution in [-0.2, 0) is 11.4 Å². The van der Waals surface area contributed by atoms with Crippen LogP contribution in [0.5, 0.6) is 11.6 Å². The average molecular weight is 501 g/mol. The number of carbonyl (C=O) groups is 1. The van der Waals surface area contributed by atoms with Crippen LogP contribution in [0.3, 0.4) is 0 Å². The molecule has 1 fully saturated rings. The van der Waals surface area contributed by atoms with E-state index in [-0.39, 0.29) is 12.0 Å². The van der Waals surface area contributed by atoms with Crippen LogP contribution in [0.1, 0.15) is 62.3 Å². The summed E-state index contributed by atoms with van der Waals surface area (Å²) in [6.45, 7) is 6.51. The average Bonchev–Trinajstić information content (AvgIpc) is 3.20. The summed E-state index contributed by atoms with van der Waals surface area (Å²) in [7, 11) is 0. The van der Waals surface area contributed by atoms with Crippen molar-refractivity contribution in [2.75, 3.05) is 0 Å². The predicted molar refractivity (Wildman–Crippen MR) is 134 cm³/mol. The molecule has 0 bridgehead atoms. The molecule has 6 nitrogen and oxygen atoms in total. The first kappa shape index (κ1) is 24.5. The SMILES string of the molecule is Cc1nc(-c2sc(Cl)cc2COc2cc(C(C)C)ccn2)ccc1O[C@H]1CCC[C@H](C(=O)O)C1. The second-order valence-corrected chi connectivity index (χ2v) is 10.7. The largest absolute Gasteiger partial charge is 0.489 e. The Bertz CT molecular complexity index is 1160. The smallest absolute Gasteiger partial charge is 0.306 e. The molecule has 3 aromatic heterocycles. The number of aryl methyl sites for hydroxylation is 1. The van der Waals surface area contributed by atoms with Crippen molar-refractivity contribution >= 4 is 28.9 Å². The molecule has 0 aliphatic heterocycles. The second-order valence-electron chi connectivity index (χ2n) is 9.00. The first-order valence-electron chi connectivity index (χ1n) is 11.5. The number of rotatable bonds is 8. The van der Waals surface area contributed by atoms with Crippen LogP contribution in [0.4, 0.5) is 0 Å². The zero-order valence-corrected chi connectivity index (χ0v) is 21.2. The van der Waals surface area contributed by atoms with Crippen LogP contribution in [0.15, 0.2) is 36.5 Å². The molecular weight excluding hydrogens is 472 g/mol. The van der Waals surface area contributed by atoms with Gasteiger partial charge in [0.1, 0.15) is 12.4 Å². The Balaban J connectivity index is 1.48. The summed E-state index contributed by atoms with van der Waals surface area (Å²) in [5.41, 5.74) is 3.69. The molecule has 3 aromatic rings. The lowest BCUT2D eigenvalue weighted by molar-refractivity contribution is -0.143. The minimum Gasteiger partial charge on any atom is -0.489 e. The molecule has 1 aliphatic rings. The quantitative estimate of drug-likeness (QED) is 0.362. The van der Waals surface area contributed by atoms with Gasteiger partial charge in [0.05, 0.1) is 32.6 Å². The number of thiophene rings is 1. The van der Waals surface area contributed by atoms with E-state index in [0.717, 1.165) is 34.7 Å². The van der Waals surface area contributed by atoms with E-state index in [2.05, 4.69) is 18.8 Å². The minimum atomic E-state index is -0.742. The molecule has 180 valence electrons. The Kier molecular flexibility index (Phi) is 7.73. The van der Waals surface area contributed by atoms with Crippen LogP contribution in [0, 0.1) is 12.8 Å². The van der Waals surface area contributed by atoms with Gasteiger partial charge in [-0.05, 0) is 68.4 Å². The van der Waals surface area contributed by atoms with Crippen LogP contribution in [-0.4, -0.2) is 27.1 Å². The lowest BCUT2D eigenvalue weighted by Crippen LogP contribution is -2.29. The number of aliphatic carboxylic acids is 1. The highest BCUT2D eigenvalue weighted by molar-refractivity contribution is 7.19. The van der Waals surface area contributed by atoms with Gasteiger partial charge in [0.2, 0.25) is 5.88 Å². The molecule has 0 unspecified atom stereocenters. The van der Waals surface area contributed by atoms with E-state index >= 15 is 0 Å². The summed E-state index contributed by atoms with van der Waals surface area (Å²) in [5, 5.41) is 9.33. The maximum absolute atomic E-state index is 11.4. The highest BCUT2D eigenvalue weighted by Gasteiger charge is 2.28. The molecule has 8 heteroatoms. The van der Waals surface area contributed by atoms with Crippen LogP contribution >= 0.6 is 22.9 Å². The summed E-state index contributed by atoms with van der Waals surface area (Å²) in [6.07, 6.45) is 4.63. The number of pyridine rings is 2. The number of carboxylic acids is 1. The topological polar surface area (TPSA) is 81.5 Å². The molecule has 1 aliphatic carbocycles. The third kappa shape index (κ3) is 5.88. The minimum absolute atomic E-state index is 0.101. The van der Waals surface area contributed by atoms with Crippen molar-refractivity contribution < 1.29 is 19.4 Å². The van der Waals surface area contributed by atoms with Gasteiger partial charge in [-0.3, -0.25) is 4.79 Å². The Labute approximate surface area is 208 Å². The van der Waals surface area contributed by atoms with E-state index < -0.39 is 5.97 Å². The van der Waals surface area contributed by atoms with E-state index in [0.29, 0.717) is 41.3 Å². The van der Waals surface area contributed by atoms with Crippen LogP contribution in [0.25, 0.3) is 10.6 Å². The molecule has 3 heterocycles. The number of ether oxygens (including phenoxy) is 2. The summed E-state index contributed by atoms with van der Waals surface area (Å²) in [4.78, 5) is 21.4. The Morgan fingerprint density at radius 3 is 2.82 bits per heavy atom. The lowest BCUT2D eigenvalue weighted by Gasteiger charge is -2.27. The summed E-state index contributed by atoms with van der Waals surface area (Å²) >= 11 is 7.81. The van der Waals surface area contributed by atoms with Crippen molar-refractivity contribution in [3.05, 3.63) is 57.7 Å². The van der Waals surface area contributed by atoms with Crippen molar-refractivity contribution in [2.45, 2.75) is 65.1 Å². The zero-order valence-electron chi connectivity index (χ0n) is 19.6. The van der Waals surface area contributed by atoms with Crippen molar-refractivity contribution in [1.82, 2.24) is 9.97 Å². The molecule has 0 spiro atoms. The molecule has 0 amide bonds. The number of halogens is 1. The molecule has 2 atom stereocenters. The van der Waals surface area contributed by atoms with Gasteiger partial charge in [0.15, 0.2) is 0 Å². The number of nitrogens with zero attached hydrogens (tertiary/aromatic N) is 2. The Morgan fingerprint density at radius 1 is 1.26 bits per heavy atom. The molecule has 1 saturated carbocycles. The van der Waals surface area contributed by atoms with Crippen molar-refractivity contribution in [2.24, 2.45) is 5.92 Å². The van der Waals surface area contributed by atoms with Crippen molar-refractivity contribution in [3.8, 4) is 22.2 Å². The van der Waals surface area contributed by atoms with E-state index in [1.54, 1.807) is 6.20 Å². The van der Waals surface area contributed by atoms with Crippen LogP contribution in [0.2, 0.25) is 4.34 Å². The summed E-state index contributed by atoms with van der Waals surface area (Å²) < 4.78 is 12.8. The Morgan fingerprint density at radius 2 is 2.09 bits per heavy atom. The summed E-state index contributed by atoms with van der Waals surface area (Å²) in [6, 6.07) is 9.70. The van der Waals surface area contributed by atoms with Gasteiger partial charge in [-0.2, -0.15) is 0 Å². The molecule has 0 saturated heterocycles. The molecule has 34 heavy (non-hydrogen) atoms. The normalized spacial score (nSPS) is 18.1. The number of hydrogen-bond acceptors (Lipinski definition) is 6. The van der Waals surface area contributed by atoms with E-state index in [1.165, 1.54) is 16.9 Å². The molecule has 1 N–H and O–H groups in total. The number of hydrogen-bond donors (Lipinski definition) is 1.